The molecule has 0 aliphatic heterocycles. The molecule has 0 spiro atoms. The van der Waals surface area contributed by atoms with Crippen LogP contribution in [-0.2, 0) is 0 Å². The van der Waals surface area contributed by atoms with Crippen molar-refractivity contribution in [1.29, 1.82) is 0 Å². The Kier molecular flexibility index (Phi) is 5.55. The smallest absolute Gasteiger partial charge is 0.291 e. The van der Waals surface area contributed by atoms with E-state index in [1.54, 1.807) is 61.4 Å². The third-order valence-electron chi connectivity index (χ3n) is 2.74. The molecule has 0 radical (unpaired) electrons. The molecule has 3 N–H and O–H groups in total. The highest BCUT2D eigenvalue weighted by molar-refractivity contribution is 5.83. The normalized spacial score (nSPS) is 12.6. The van der Waals surface area contributed by atoms with Crippen LogP contribution >= 0.6 is 0 Å². The molecule has 9 heteroatoms. The van der Waals surface area contributed by atoms with Gasteiger partial charge < -0.3 is 13.3 Å². The number of guanidine groups is 1. The largest absolute Gasteiger partial charge is 0.463 e. The predicted octanol–water partition coefficient (Wildman–Crippen LogP) is 0.484. The zero-order valence-electron chi connectivity index (χ0n) is 13.0. The van der Waals surface area contributed by atoms with Crippen LogP contribution in [0.3, 0.4) is 0 Å². The van der Waals surface area contributed by atoms with Crippen molar-refractivity contribution in [3.8, 4) is 0 Å². The Morgan fingerprint density at radius 3 is 2.16 bits per heavy atom. The number of furan rings is 3. The molecule has 3 aromatic rings. The Balaban J connectivity index is 1.63. The zero-order chi connectivity index (χ0) is 17.2. The Morgan fingerprint density at radius 1 is 0.880 bits per heavy atom. The van der Waals surface area contributed by atoms with E-state index in [4.69, 9.17) is 13.3 Å². The van der Waals surface area contributed by atoms with Crippen LogP contribution in [0.25, 0.3) is 0 Å². The molecule has 25 heavy (non-hydrogen) atoms. The summed E-state index contributed by atoms with van der Waals surface area (Å²) in [7, 11) is 0. The van der Waals surface area contributed by atoms with Gasteiger partial charge in [0.2, 0.25) is 6.21 Å². The standard InChI is InChI=1S/C16H14N6O3/c1-4-13(23-7-1)10-17-20-16(21-18-11-14-5-2-8-24-14)22-19-12-15-6-3-9-25-15/h1-12H,(H2,20,21,22)/p+1/b17-10-,18-11-,19-12+. The molecule has 0 atom stereocenters. The van der Waals surface area contributed by atoms with E-state index in [2.05, 4.69) is 31.3 Å². The number of hydrazone groups is 2. The number of hydrogen-bond acceptors (Lipinski definition) is 6. The summed E-state index contributed by atoms with van der Waals surface area (Å²) in [4.78, 5) is 0. The monoisotopic (exact) mass is 339 g/mol. The lowest BCUT2D eigenvalue weighted by Crippen LogP contribution is -2.82. The third-order valence-corrected chi connectivity index (χ3v) is 2.74. The molecule has 3 rings (SSSR count). The summed E-state index contributed by atoms with van der Waals surface area (Å²) in [6.45, 7) is 0. The van der Waals surface area contributed by atoms with E-state index in [9.17, 15) is 0 Å². The average molecular weight is 339 g/mol. The maximum absolute atomic E-state index is 5.17. The van der Waals surface area contributed by atoms with E-state index in [0.29, 0.717) is 17.3 Å². The average Bonchev–Trinajstić information content (AvgIpc) is 3.38. The van der Waals surface area contributed by atoms with Gasteiger partial charge in [-0.05, 0) is 36.4 Å². The SMILES string of the molecule is C(=N/N=C(/N/N=C\c1ccco1)N/[NH+]=C/c1ccco1)/c1ccco1. The van der Waals surface area contributed by atoms with E-state index in [1.165, 1.54) is 12.4 Å². The molecule has 3 heterocycles. The van der Waals surface area contributed by atoms with Crippen LogP contribution in [0.4, 0.5) is 0 Å². The second-order valence-electron chi connectivity index (χ2n) is 4.52. The molecule has 3 aromatic heterocycles. The Hall–Kier alpha value is -3.88. The van der Waals surface area contributed by atoms with Gasteiger partial charge in [-0.1, -0.05) is 0 Å². The van der Waals surface area contributed by atoms with Gasteiger partial charge in [0.15, 0.2) is 5.76 Å². The van der Waals surface area contributed by atoms with E-state index >= 15 is 0 Å². The maximum atomic E-state index is 5.17. The second kappa shape index (κ2) is 8.67. The molecular weight excluding hydrogens is 324 g/mol. The fourth-order valence-corrected chi connectivity index (χ4v) is 1.65. The highest BCUT2D eigenvalue weighted by Crippen LogP contribution is 1.96. The molecule has 0 saturated carbocycles. The summed E-state index contributed by atoms with van der Waals surface area (Å²) in [5.41, 5.74) is 5.51. The minimum Gasteiger partial charge on any atom is -0.463 e. The molecule has 0 fully saturated rings. The fourth-order valence-electron chi connectivity index (χ4n) is 1.65. The van der Waals surface area contributed by atoms with Crippen LogP contribution in [0.1, 0.15) is 17.3 Å². The van der Waals surface area contributed by atoms with Crippen molar-refractivity contribution in [3.63, 3.8) is 0 Å². The van der Waals surface area contributed by atoms with Gasteiger partial charge in [-0.15, -0.1) is 15.6 Å². The van der Waals surface area contributed by atoms with Crippen molar-refractivity contribution in [3.05, 3.63) is 72.5 Å². The van der Waals surface area contributed by atoms with Gasteiger partial charge in [0.1, 0.15) is 11.5 Å². The van der Waals surface area contributed by atoms with Gasteiger partial charge in [0.05, 0.1) is 31.2 Å². The molecule has 126 valence electrons. The van der Waals surface area contributed by atoms with E-state index in [-0.39, 0.29) is 5.96 Å². The summed E-state index contributed by atoms with van der Waals surface area (Å²) in [5.74, 6) is 2.07. The molecule has 0 amide bonds. The summed E-state index contributed by atoms with van der Waals surface area (Å²) in [6.07, 6.45) is 9.27. The maximum Gasteiger partial charge on any atom is 0.291 e. The summed E-state index contributed by atoms with van der Waals surface area (Å²) in [6, 6.07) is 10.6. The van der Waals surface area contributed by atoms with Gasteiger partial charge in [-0.2, -0.15) is 10.2 Å². The van der Waals surface area contributed by atoms with Gasteiger partial charge in [0, 0.05) is 0 Å². The molecule has 9 nitrogen and oxygen atoms in total. The molecular formula is C16H15N6O3+. The van der Waals surface area contributed by atoms with Crippen molar-refractivity contribution in [1.82, 2.24) is 10.9 Å². The van der Waals surface area contributed by atoms with Crippen molar-refractivity contribution in [2.75, 3.05) is 0 Å². The minimum atomic E-state index is 0.244. The quantitative estimate of drug-likeness (QED) is 0.343. The first-order valence-corrected chi connectivity index (χ1v) is 7.25. The van der Waals surface area contributed by atoms with Crippen molar-refractivity contribution in [2.24, 2.45) is 15.3 Å². The first-order chi connectivity index (χ1) is 12.4. The van der Waals surface area contributed by atoms with Crippen LogP contribution in [-0.4, -0.2) is 24.6 Å². The van der Waals surface area contributed by atoms with Gasteiger partial charge in [0.25, 0.3) is 5.96 Å². The van der Waals surface area contributed by atoms with Crippen LogP contribution < -0.4 is 16.0 Å². The third kappa shape index (κ3) is 5.36. The van der Waals surface area contributed by atoms with Gasteiger partial charge in [-0.25, -0.2) is 5.43 Å². The lowest BCUT2D eigenvalue weighted by molar-refractivity contribution is -0.501. The van der Waals surface area contributed by atoms with E-state index in [0.717, 1.165) is 0 Å². The summed E-state index contributed by atoms with van der Waals surface area (Å²) < 4.78 is 15.5. The Labute approximate surface area is 142 Å². The van der Waals surface area contributed by atoms with Crippen molar-refractivity contribution < 1.29 is 18.4 Å². The number of rotatable bonds is 6. The number of nitrogens with one attached hydrogen (secondary N) is 3. The topological polar surface area (TPSA) is 115 Å². The Bertz CT molecular complexity index is 798. The summed E-state index contributed by atoms with van der Waals surface area (Å²) >= 11 is 0. The molecule has 0 bridgehead atoms. The molecule has 0 unspecified atom stereocenters. The van der Waals surface area contributed by atoms with Crippen LogP contribution in [0.5, 0.6) is 0 Å². The van der Waals surface area contributed by atoms with Crippen LogP contribution in [0.15, 0.2) is 83.7 Å². The molecule has 0 aromatic carbocycles. The number of nitrogens with zero attached hydrogens (tertiary/aromatic N) is 3. The molecule has 0 saturated heterocycles. The highest BCUT2D eigenvalue weighted by atomic mass is 16.3. The first-order valence-electron chi connectivity index (χ1n) is 7.25. The zero-order valence-corrected chi connectivity index (χ0v) is 13.0. The van der Waals surface area contributed by atoms with E-state index in [1.807, 2.05) is 0 Å². The lowest BCUT2D eigenvalue weighted by Gasteiger charge is -1.97. The predicted molar refractivity (Wildman–Crippen MR) is 91.1 cm³/mol. The van der Waals surface area contributed by atoms with Gasteiger partial charge in [-0.3, -0.25) is 0 Å². The molecule has 0 aliphatic carbocycles. The van der Waals surface area contributed by atoms with Crippen molar-refractivity contribution in [2.45, 2.75) is 0 Å². The van der Waals surface area contributed by atoms with Crippen LogP contribution in [0, 0.1) is 0 Å². The van der Waals surface area contributed by atoms with Crippen molar-refractivity contribution >= 4 is 24.6 Å². The lowest BCUT2D eigenvalue weighted by atomic mass is 10.5. The number of hydrogen-bond donors (Lipinski definition) is 3. The highest BCUT2D eigenvalue weighted by Gasteiger charge is 2.00. The van der Waals surface area contributed by atoms with Gasteiger partial charge >= 0.3 is 0 Å². The fraction of sp³-hybridized carbons (Fsp3) is 0. The second-order valence-corrected chi connectivity index (χ2v) is 4.52. The Morgan fingerprint density at radius 2 is 1.52 bits per heavy atom. The summed E-state index contributed by atoms with van der Waals surface area (Å²) in [5, 5.41) is 14.7. The first kappa shape index (κ1) is 16.0. The molecule has 0 aliphatic rings. The van der Waals surface area contributed by atoms with E-state index < -0.39 is 0 Å². The van der Waals surface area contributed by atoms with Crippen LogP contribution in [0.2, 0.25) is 0 Å². The number of hydrazine groups is 1. The minimum absolute atomic E-state index is 0.244.